The van der Waals surface area contributed by atoms with Crippen LogP contribution >= 0.6 is 11.3 Å². The Kier molecular flexibility index (Phi) is 5.33. The maximum absolute atomic E-state index is 11.4. The number of carbonyl (C=O) groups is 1. The minimum absolute atomic E-state index is 0.370. The van der Waals surface area contributed by atoms with Gasteiger partial charge in [0.05, 0.1) is 0 Å². The molecular weight excluding hydrogens is 204 g/mol. The van der Waals surface area contributed by atoms with E-state index in [1.807, 2.05) is 6.92 Å². The second-order valence-electron chi connectivity index (χ2n) is 3.93. The molecule has 1 rings (SSSR count). The van der Waals surface area contributed by atoms with Crippen molar-refractivity contribution in [2.24, 2.45) is 0 Å². The zero-order chi connectivity index (χ0) is 11.1. The van der Waals surface area contributed by atoms with Crippen LogP contribution in [0.2, 0.25) is 0 Å². The van der Waals surface area contributed by atoms with Crippen LogP contribution in [0.4, 0.5) is 0 Å². The Labute approximate surface area is 95.8 Å². The Morgan fingerprint density at radius 1 is 1.40 bits per heavy atom. The van der Waals surface area contributed by atoms with Gasteiger partial charge >= 0.3 is 0 Å². The van der Waals surface area contributed by atoms with Crippen LogP contribution in [0.15, 0.2) is 29.7 Å². The highest BCUT2D eigenvalue weighted by atomic mass is 32.1. The number of hydrogen-bond acceptors (Lipinski definition) is 2. The van der Waals surface area contributed by atoms with E-state index in [9.17, 15) is 4.79 Å². The highest BCUT2D eigenvalue weighted by Crippen LogP contribution is 2.13. The lowest BCUT2D eigenvalue weighted by Crippen LogP contribution is -1.98. The molecule has 0 N–H and O–H groups in total. The molecular formula is C13H18OS. The van der Waals surface area contributed by atoms with Gasteiger partial charge in [-0.15, -0.1) is 17.9 Å². The zero-order valence-corrected chi connectivity index (χ0v) is 10.1. The molecule has 0 amide bonds. The highest BCUT2D eigenvalue weighted by molar-refractivity contribution is 7.09. The van der Waals surface area contributed by atoms with E-state index in [-0.39, 0.29) is 0 Å². The third kappa shape index (κ3) is 5.53. The second kappa shape index (κ2) is 6.57. The molecule has 15 heavy (non-hydrogen) atoms. The Hall–Kier alpha value is -0.890. The minimum Gasteiger partial charge on any atom is -0.300 e. The fourth-order valence-corrected chi connectivity index (χ4v) is 2.14. The summed E-state index contributed by atoms with van der Waals surface area (Å²) in [5, 5.41) is 2.08. The van der Waals surface area contributed by atoms with Crippen molar-refractivity contribution in [3.63, 3.8) is 0 Å². The molecule has 0 aliphatic rings. The van der Waals surface area contributed by atoms with Crippen molar-refractivity contribution >= 4 is 17.1 Å². The van der Waals surface area contributed by atoms with Crippen molar-refractivity contribution in [3.8, 4) is 0 Å². The summed E-state index contributed by atoms with van der Waals surface area (Å²) in [6.45, 7) is 5.77. The van der Waals surface area contributed by atoms with Gasteiger partial charge in [-0.2, -0.15) is 0 Å². The van der Waals surface area contributed by atoms with Crippen molar-refractivity contribution in [3.05, 3.63) is 34.5 Å². The van der Waals surface area contributed by atoms with Crippen molar-refractivity contribution in [2.75, 3.05) is 0 Å². The Morgan fingerprint density at radius 2 is 2.20 bits per heavy atom. The number of allylic oxidation sites excluding steroid dienone is 1. The quantitative estimate of drug-likeness (QED) is 0.637. The van der Waals surface area contributed by atoms with Crippen LogP contribution in [0.1, 0.15) is 37.5 Å². The summed E-state index contributed by atoms with van der Waals surface area (Å²) in [5.41, 5.74) is 1.10. The lowest BCUT2D eigenvalue weighted by molar-refractivity contribution is -0.119. The lowest BCUT2D eigenvalue weighted by atomic mass is 10.1. The molecule has 0 saturated carbocycles. The molecule has 0 atom stereocenters. The molecule has 0 aromatic carbocycles. The first-order valence-electron chi connectivity index (χ1n) is 5.37. The topological polar surface area (TPSA) is 17.1 Å². The molecule has 0 aliphatic heterocycles. The second-order valence-corrected chi connectivity index (χ2v) is 4.96. The van der Waals surface area contributed by atoms with E-state index in [0.29, 0.717) is 18.6 Å². The van der Waals surface area contributed by atoms with Crippen molar-refractivity contribution in [1.82, 2.24) is 0 Å². The molecule has 2 heteroatoms. The maximum Gasteiger partial charge on any atom is 0.133 e. The predicted octanol–water partition coefficient (Wildman–Crippen LogP) is 4.00. The smallest absolute Gasteiger partial charge is 0.133 e. The van der Waals surface area contributed by atoms with Gasteiger partial charge in [0.2, 0.25) is 0 Å². The van der Waals surface area contributed by atoms with Crippen LogP contribution in [0, 0.1) is 0 Å². The van der Waals surface area contributed by atoms with Gasteiger partial charge < -0.3 is 0 Å². The van der Waals surface area contributed by atoms with Crippen LogP contribution in [0.25, 0.3) is 0 Å². The molecule has 0 unspecified atom stereocenters. The molecule has 0 bridgehead atoms. The molecule has 0 radical (unpaired) electrons. The number of hydrogen-bond donors (Lipinski definition) is 0. The van der Waals surface area contributed by atoms with Crippen molar-refractivity contribution in [1.29, 1.82) is 0 Å². The summed E-state index contributed by atoms with van der Waals surface area (Å²) < 4.78 is 0. The highest BCUT2D eigenvalue weighted by Gasteiger charge is 2.02. The monoisotopic (exact) mass is 222 g/mol. The lowest BCUT2D eigenvalue weighted by Gasteiger charge is -2.00. The van der Waals surface area contributed by atoms with Gasteiger partial charge in [-0.25, -0.2) is 0 Å². The number of carbonyl (C=O) groups excluding carboxylic acids is 1. The minimum atomic E-state index is 0.370. The van der Waals surface area contributed by atoms with E-state index in [1.165, 1.54) is 4.88 Å². The molecule has 1 nitrogen and oxygen atoms in total. The summed E-state index contributed by atoms with van der Waals surface area (Å²) in [6.07, 6.45) is 4.24. The normalized spacial score (nSPS) is 10.2. The number of aryl methyl sites for hydroxylation is 1. The van der Waals surface area contributed by atoms with Crippen molar-refractivity contribution in [2.45, 2.75) is 39.0 Å². The molecule has 1 aromatic rings. The van der Waals surface area contributed by atoms with Crippen LogP contribution in [0.3, 0.4) is 0 Å². The van der Waals surface area contributed by atoms with Gasteiger partial charge in [0, 0.05) is 17.7 Å². The fraction of sp³-hybridized carbons (Fsp3) is 0.462. The van der Waals surface area contributed by atoms with Gasteiger partial charge in [0.15, 0.2) is 0 Å². The molecule has 82 valence electrons. The number of rotatable bonds is 7. The van der Waals surface area contributed by atoms with E-state index in [1.54, 1.807) is 11.3 Å². The summed E-state index contributed by atoms with van der Waals surface area (Å²) >= 11 is 1.77. The van der Waals surface area contributed by atoms with E-state index in [0.717, 1.165) is 24.8 Å². The Morgan fingerprint density at radius 3 is 2.80 bits per heavy atom. The molecule has 0 aliphatic carbocycles. The van der Waals surface area contributed by atoms with E-state index >= 15 is 0 Å². The molecule has 0 saturated heterocycles. The first kappa shape index (κ1) is 12.2. The number of thiophene rings is 1. The van der Waals surface area contributed by atoms with Crippen LogP contribution in [-0.4, -0.2) is 5.78 Å². The van der Waals surface area contributed by atoms with Crippen molar-refractivity contribution < 1.29 is 4.79 Å². The number of Topliss-reactive ketones (excluding diaryl/α,β-unsaturated/α-hetero) is 1. The first-order chi connectivity index (χ1) is 7.18. The van der Waals surface area contributed by atoms with E-state index in [2.05, 4.69) is 24.1 Å². The van der Waals surface area contributed by atoms with Gasteiger partial charge in [0.1, 0.15) is 5.78 Å². The summed E-state index contributed by atoms with van der Waals surface area (Å²) in [6, 6.07) is 4.19. The zero-order valence-electron chi connectivity index (χ0n) is 9.29. The van der Waals surface area contributed by atoms with Gasteiger partial charge in [-0.3, -0.25) is 4.79 Å². The van der Waals surface area contributed by atoms with E-state index < -0.39 is 0 Å². The predicted molar refractivity (Wildman–Crippen MR) is 66.3 cm³/mol. The van der Waals surface area contributed by atoms with Gasteiger partial charge in [-0.05, 0) is 37.6 Å². The molecule has 1 aromatic heterocycles. The Balaban J connectivity index is 2.09. The Bertz CT molecular complexity index is 311. The standard InChI is InChI=1S/C13H18OS/c1-11(2)8-9-12(14)5-3-6-13-7-4-10-15-13/h4,7,10H,1,3,5-6,8-9H2,2H3. The summed E-state index contributed by atoms with van der Waals surface area (Å²) in [4.78, 5) is 12.8. The van der Waals surface area contributed by atoms with Gasteiger partial charge in [-0.1, -0.05) is 11.6 Å². The average Bonchev–Trinajstić information content (AvgIpc) is 2.67. The third-order valence-corrected chi connectivity index (χ3v) is 3.23. The van der Waals surface area contributed by atoms with Crippen LogP contribution in [0.5, 0.6) is 0 Å². The first-order valence-corrected chi connectivity index (χ1v) is 6.25. The van der Waals surface area contributed by atoms with Crippen LogP contribution < -0.4 is 0 Å². The van der Waals surface area contributed by atoms with Gasteiger partial charge in [0.25, 0.3) is 0 Å². The largest absolute Gasteiger partial charge is 0.300 e. The SMILES string of the molecule is C=C(C)CCC(=O)CCCc1cccs1. The maximum atomic E-state index is 11.4. The summed E-state index contributed by atoms with van der Waals surface area (Å²) in [5.74, 6) is 0.370. The molecule has 1 heterocycles. The average molecular weight is 222 g/mol. The fourth-order valence-electron chi connectivity index (χ4n) is 1.39. The van der Waals surface area contributed by atoms with Crippen LogP contribution in [-0.2, 0) is 11.2 Å². The summed E-state index contributed by atoms with van der Waals surface area (Å²) in [7, 11) is 0. The third-order valence-electron chi connectivity index (χ3n) is 2.29. The van der Waals surface area contributed by atoms with E-state index in [4.69, 9.17) is 0 Å². The molecule has 0 spiro atoms. The number of ketones is 1. The molecule has 0 fully saturated rings.